The maximum atomic E-state index is 5.33. The molecule has 2 aromatic rings. The number of ether oxygens (including phenoxy) is 3. The van der Waals surface area contributed by atoms with Crippen molar-refractivity contribution in [2.24, 2.45) is 0 Å². The first-order valence-corrected chi connectivity index (χ1v) is 6.36. The molecule has 0 amide bonds. The Hall–Kier alpha value is -2.36. The van der Waals surface area contributed by atoms with Gasteiger partial charge in [0.2, 0.25) is 0 Å². The maximum absolute atomic E-state index is 5.33. The van der Waals surface area contributed by atoms with E-state index >= 15 is 0 Å². The minimum absolute atomic E-state index is 0.680. The van der Waals surface area contributed by atoms with Crippen LogP contribution < -0.4 is 19.5 Å². The van der Waals surface area contributed by atoms with E-state index in [1.54, 1.807) is 21.3 Å². The number of hydrogen-bond donors (Lipinski definition) is 1. The zero-order valence-electron chi connectivity index (χ0n) is 12.0. The van der Waals surface area contributed by atoms with Gasteiger partial charge >= 0.3 is 0 Å². The molecule has 0 saturated carbocycles. The highest BCUT2D eigenvalue weighted by Crippen LogP contribution is 2.30. The van der Waals surface area contributed by atoms with E-state index in [-0.39, 0.29) is 0 Å². The standard InChI is InChI=1S/C16H19NO3/c1-18-14-7-5-4-6-12(14)11-17-13-8-9-15(19-2)16(10-13)20-3/h4-10,17H,11H2,1-3H3. The van der Waals surface area contributed by atoms with Gasteiger partial charge in [-0.2, -0.15) is 0 Å². The van der Waals surface area contributed by atoms with Crippen LogP contribution in [0.5, 0.6) is 17.2 Å². The molecule has 0 unspecified atom stereocenters. The van der Waals surface area contributed by atoms with Gasteiger partial charge in [-0.05, 0) is 18.2 Å². The zero-order valence-corrected chi connectivity index (χ0v) is 12.0. The molecule has 0 radical (unpaired) electrons. The summed E-state index contributed by atoms with van der Waals surface area (Å²) < 4.78 is 15.8. The molecule has 0 spiro atoms. The van der Waals surface area contributed by atoms with Crippen LogP contribution in [0.3, 0.4) is 0 Å². The number of anilines is 1. The van der Waals surface area contributed by atoms with Crippen molar-refractivity contribution in [2.45, 2.75) is 6.54 Å². The highest BCUT2D eigenvalue weighted by Gasteiger charge is 2.05. The molecule has 2 rings (SSSR count). The molecule has 0 bridgehead atoms. The minimum atomic E-state index is 0.680. The summed E-state index contributed by atoms with van der Waals surface area (Å²) in [7, 11) is 4.93. The molecular formula is C16H19NO3. The molecule has 4 nitrogen and oxygen atoms in total. The van der Waals surface area contributed by atoms with Gasteiger partial charge in [0.25, 0.3) is 0 Å². The summed E-state index contributed by atoms with van der Waals surface area (Å²) in [5, 5.41) is 3.35. The second kappa shape index (κ2) is 6.70. The first kappa shape index (κ1) is 14.1. The third-order valence-corrected chi connectivity index (χ3v) is 3.06. The monoisotopic (exact) mass is 273 g/mol. The predicted octanol–water partition coefficient (Wildman–Crippen LogP) is 3.32. The summed E-state index contributed by atoms with van der Waals surface area (Å²) in [6.45, 7) is 0.680. The lowest BCUT2D eigenvalue weighted by molar-refractivity contribution is 0.355. The van der Waals surface area contributed by atoms with Crippen LogP contribution in [0.15, 0.2) is 42.5 Å². The molecule has 0 aromatic heterocycles. The Morgan fingerprint density at radius 2 is 1.50 bits per heavy atom. The Kier molecular flexibility index (Phi) is 4.71. The molecule has 20 heavy (non-hydrogen) atoms. The fraction of sp³-hybridized carbons (Fsp3) is 0.250. The highest BCUT2D eigenvalue weighted by molar-refractivity contribution is 5.55. The molecule has 1 N–H and O–H groups in total. The summed E-state index contributed by atoms with van der Waals surface area (Å²) in [6.07, 6.45) is 0. The van der Waals surface area contributed by atoms with E-state index in [2.05, 4.69) is 5.32 Å². The van der Waals surface area contributed by atoms with Gasteiger partial charge < -0.3 is 19.5 Å². The third-order valence-electron chi connectivity index (χ3n) is 3.06. The van der Waals surface area contributed by atoms with Crippen LogP contribution in [0.2, 0.25) is 0 Å². The van der Waals surface area contributed by atoms with Crippen LogP contribution >= 0.6 is 0 Å². The summed E-state index contributed by atoms with van der Waals surface area (Å²) in [6, 6.07) is 13.7. The molecule has 0 aliphatic heterocycles. The Labute approximate surface area is 119 Å². The van der Waals surface area contributed by atoms with Crippen molar-refractivity contribution in [3.8, 4) is 17.2 Å². The van der Waals surface area contributed by atoms with Gasteiger partial charge in [0.15, 0.2) is 11.5 Å². The Balaban J connectivity index is 2.11. The predicted molar refractivity (Wildman–Crippen MR) is 79.9 cm³/mol. The number of benzene rings is 2. The average Bonchev–Trinajstić information content (AvgIpc) is 2.52. The van der Waals surface area contributed by atoms with Crippen LogP contribution in [0.4, 0.5) is 5.69 Å². The lowest BCUT2D eigenvalue weighted by Gasteiger charge is -2.13. The lowest BCUT2D eigenvalue weighted by Crippen LogP contribution is -2.02. The lowest BCUT2D eigenvalue weighted by atomic mass is 10.2. The van der Waals surface area contributed by atoms with Crippen LogP contribution in [-0.2, 0) is 6.54 Å². The van der Waals surface area contributed by atoms with Gasteiger partial charge in [-0.3, -0.25) is 0 Å². The van der Waals surface area contributed by atoms with E-state index in [9.17, 15) is 0 Å². The van der Waals surface area contributed by atoms with Gasteiger partial charge in [0.1, 0.15) is 5.75 Å². The number of rotatable bonds is 6. The van der Waals surface area contributed by atoms with Crippen LogP contribution in [0, 0.1) is 0 Å². The molecule has 0 aliphatic carbocycles. The summed E-state index contributed by atoms with van der Waals surface area (Å²) in [5.41, 5.74) is 2.07. The van der Waals surface area contributed by atoms with Crippen LogP contribution in [0.1, 0.15) is 5.56 Å². The normalized spacial score (nSPS) is 9.95. The average molecular weight is 273 g/mol. The fourth-order valence-corrected chi connectivity index (χ4v) is 1.99. The maximum Gasteiger partial charge on any atom is 0.162 e. The zero-order chi connectivity index (χ0) is 14.4. The Morgan fingerprint density at radius 1 is 0.800 bits per heavy atom. The number of para-hydroxylation sites is 1. The van der Waals surface area contributed by atoms with Crippen molar-refractivity contribution < 1.29 is 14.2 Å². The molecule has 2 aromatic carbocycles. The molecule has 0 fully saturated rings. The van der Waals surface area contributed by atoms with Gasteiger partial charge in [-0.25, -0.2) is 0 Å². The quantitative estimate of drug-likeness (QED) is 0.876. The number of nitrogens with one attached hydrogen (secondary N) is 1. The largest absolute Gasteiger partial charge is 0.496 e. The van der Waals surface area contributed by atoms with Gasteiger partial charge in [-0.15, -0.1) is 0 Å². The van der Waals surface area contributed by atoms with E-state index in [1.807, 2.05) is 42.5 Å². The summed E-state index contributed by atoms with van der Waals surface area (Å²) in [5.74, 6) is 2.30. The molecule has 106 valence electrons. The molecule has 0 saturated heterocycles. The summed E-state index contributed by atoms with van der Waals surface area (Å²) in [4.78, 5) is 0. The first-order valence-electron chi connectivity index (χ1n) is 6.36. The van der Waals surface area contributed by atoms with E-state index in [1.165, 1.54) is 0 Å². The molecule has 0 heterocycles. The topological polar surface area (TPSA) is 39.7 Å². The molecule has 0 atom stereocenters. The number of methoxy groups -OCH3 is 3. The van der Waals surface area contributed by atoms with E-state index in [0.29, 0.717) is 12.3 Å². The molecular weight excluding hydrogens is 254 g/mol. The van der Waals surface area contributed by atoms with Gasteiger partial charge in [0, 0.05) is 23.9 Å². The van der Waals surface area contributed by atoms with Gasteiger partial charge in [0.05, 0.1) is 21.3 Å². The van der Waals surface area contributed by atoms with E-state index < -0.39 is 0 Å². The second-order valence-electron chi connectivity index (χ2n) is 4.24. The Bertz CT molecular complexity index is 569. The van der Waals surface area contributed by atoms with Crippen LogP contribution in [-0.4, -0.2) is 21.3 Å². The third kappa shape index (κ3) is 3.15. The van der Waals surface area contributed by atoms with Crippen molar-refractivity contribution >= 4 is 5.69 Å². The smallest absolute Gasteiger partial charge is 0.162 e. The number of hydrogen-bond acceptors (Lipinski definition) is 4. The minimum Gasteiger partial charge on any atom is -0.496 e. The summed E-state index contributed by atoms with van der Waals surface area (Å²) >= 11 is 0. The van der Waals surface area contributed by atoms with Gasteiger partial charge in [-0.1, -0.05) is 18.2 Å². The van der Waals surface area contributed by atoms with Crippen molar-refractivity contribution in [3.05, 3.63) is 48.0 Å². The van der Waals surface area contributed by atoms with Crippen molar-refractivity contribution in [1.29, 1.82) is 0 Å². The van der Waals surface area contributed by atoms with Crippen LogP contribution in [0.25, 0.3) is 0 Å². The molecule has 4 heteroatoms. The first-order chi connectivity index (χ1) is 9.78. The van der Waals surface area contributed by atoms with E-state index in [0.717, 1.165) is 22.7 Å². The SMILES string of the molecule is COc1ccccc1CNc1ccc(OC)c(OC)c1. The highest BCUT2D eigenvalue weighted by atomic mass is 16.5. The van der Waals surface area contributed by atoms with Crippen molar-refractivity contribution in [1.82, 2.24) is 0 Å². The van der Waals surface area contributed by atoms with E-state index in [4.69, 9.17) is 14.2 Å². The van der Waals surface area contributed by atoms with Crippen molar-refractivity contribution in [3.63, 3.8) is 0 Å². The molecule has 0 aliphatic rings. The Morgan fingerprint density at radius 3 is 2.20 bits per heavy atom. The second-order valence-corrected chi connectivity index (χ2v) is 4.24. The fourth-order valence-electron chi connectivity index (χ4n) is 1.99. The van der Waals surface area contributed by atoms with Crippen molar-refractivity contribution in [2.75, 3.05) is 26.6 Å².